The van der Waals surface area contributed by atoms with Gasteiger partial charge in [-0.3, -0.25) is 4.79 Å². The van der Waals surface area contributed by atoms with Crippen molar-refractivity contribution in [2.45, 2.75) is 12.5 Å². The smallest absolute Gasteiger partial charge is 0.255 e. The quantitative estimate of drug-likeness (QED) is 0.655. The summed E-state index contributed by atoms with van der Waals surface area (Å²) < 4.78 is 5.90. The van der Waals surface area contributed by atoms with E-state index in [-0.39, 0.29) is 12.1 Å². The summed E-state index contributed by atoms with van der Waals surface area (Å²) in [6, 6.07) is 3.16. The molecular formula is C12H15ClINO4. The van der Waals surface area contributed by atoms with Gasteiger partial charge in [-0.05, 0) is 41.6 Å². The van der Waals surface area contributed by atoms with Gasteiger partial charge in [0, 0.05) is 10.1 Å². The van der Waals surface area contributed by atoms with Crippen molar-refractivity contribution in [2.75, 3.05) is 20.3 Å². The lowest BCUT2D eigenvalue weighted by molar-refractivity contribution is 0.00318. The molecule has 0 saturated carbocycles. The van der Waals surface area contributed by atoms with Crippen molar-refractivity contribution in [1.82, 2.24) is 5.32 Å². The van der Waals surface area contributed by atoms with Gasteiger partial charge in [0.25, 0.3) is 5.91 Å². The Hall–Kier alpha value is -0.570. The predicted molar refractivity (Wildman–Crippen MR) is 80.8 cm³/mol. The summed E-state index contributed by atoms with van der Waals surface area (Å²) >= 11 is 8.01. The second-order valence-corrected chi connectivity index (χ2v) is 5.87. The highest BCUT2D eigenvalue weighted by molar-refractivity contribution is 14.1. The summed E-state index contributed by atoms with van der Waals surface area (Å²) in [4.78, 5) is 12.0. The molecule has 1 unspecified atom stereocenters. The molecule has 0 aliphatic heterocycles. The number of methoxy groups -OCH3 is 1. The maximum Gasteiger partial charge on any atom is 0.255 e. The number of halogens is 2. The molecule has 1 rings (SSSR count). The van der Waals surface area contributed by atoms with Gasteiger partial charge in [-0.25, -0.2) is 0 Å². The fourth-order valence-electron chi connectivity index (χ4n) is 1.30. The summed E-state index contributed by atoms with van der Waals surface area (Å²) in [6.45, 7) is 0.901. The molecule has 19 heavy (non-hydrogen) atoms. The molecule has 0 aliphatic rings. The Kier molecular flexibility index (Phi) is 5.84. The maximum atomic E-state index is 12.0. The monoisotopic (exact) mass is 399 g/mol. The molecule has 0 fully saturated rings. The van der Waals surface area contributed by atoms with E-state index in [4.69, 9.17) is 21.4 Å². The second-order valence-electron chi connectivity index (χ2n) is 4.30. The molecule has 1 aromatic carbocycles. The third-order valence-electron chi connectivity index (χ3n) is 2.46. The van der Waals surface area contributed by atoms with E-state index < -0.39 is 18.1 Å². The number of carbonyl (C=O) groups excluding carboxylic acids is 1. The van der Waals surface area contributed by atoms with Crippen LogP contribution in [0.25, 0.3) is 0 Å². The number of aliphatic hydroxyl groups excluding tert-OH is 1. The highest BCUT2D eigenvalue weighted by Crippen LogP contribution is 2.28. The Balaban J connectivity index is 2.91. The molecule has 0 saturated heterocycles. The molecule has 5 nitrogen and oxygen atoms in total. The van der Waals surface area contributed by atoms with Crippen LogP contribution in [0.5, 0.6) is 5.75 Å². The first-order valence-electron chi connectivity index (χ1n) is 5.45. The molecule has 0 spiro atoms. The highest BCUT2D eigenvalue weighted by atomic mass is 127. The van der Waals surface area contributed by atoms with Crippen molar-refractivity contribution in [2.24, 2.45) is 0 Å². The molecule has 1 aromatic rings. The van der Waals surface area contributed by atoms with Crippen molar-refractivity contribution in [3.63, 3.8) is 0 Å². The van der Waals surface area contributed by atoms with Crippen LogP contribution in [0.4, 0.5) is 0 Å². The van der Waals surface area contributed by atoms with Crippen LogP contribution in [0, 0.1) is 3.57 Å². The number of hydrogen-bond acceptors (Lipinski definition) is 4. The lowest BCUT2D eigenvalue weighted by Gasteiger charge is -2.21. The average Bonchev–Trinajstić information content (AvgIpc) is 2.38. The minimum atomic E-state index is -1.37. The third-order valence-corrected chi connectivity index (χ3v) is 3.98. The van der Waals surface area contributed by atoms with Crippen LogP contribution in [0.2, 0.25) is 5.02 Å². The number of carbonyl (C=O) groups is 1. The van der Waals surface area contributed by atoms with Gasteiger partial charge in [-0.2, -0.15) is 0 Å². The molecule has 0 bridgehead atoms. The van der Waals surface area contributed by atoms with Crippen molar-refractivity contribution in [1.29, 1.82) is 0 Å². The van der Waals surface area contributed by atoms with Gasteiger partial charge in [-0.1, -0.05) is 11.6 Å². The van der Waals surface area contributed by atoms with Gasteiger partial charge in [0.2, 0.25) is 0 Å². The van der Waals surface area contributed by atoms with Gasteiger partial charge < -0.3 is 20.3 Å². The molecule has 3 N–H and O–H groups in total. The summed E-state index contributed by atoms with van der Waals surface area (Å²) in [5.74, 6) is -0.0289. The van der Waals surface area contributed by atoms with E-state index in [2.05, 4.69) is 5.32 Å². The van der Waals surface area contributed by atoms with E-state index >= 15 is 0 Å². The summed E-state index contributed by atoms with van der Waals surface area (Å²) in [7, 11) is 1.46. The Labute approximate surface area is 130 Å². The van der Waals surface area contributed by atoms with E-state index in [1.807, 2.05) is 22.6 Å². The topological polar surface area (TPSA) is 78.8 Å². The average molecular weight is 400 g/mol. The van der Waals surface area contributed by atoms with Crippen LogP contribution < -0.4 is 10.1 Å². The maximum absolute atomic E-state index is 12.0. The second kappa shape index (κ2) is 6.74. The van der Waals surface area contributed by atoms with Crippen LogP contribution in [0.15, 0.2) is 12.1 Å². The van der Waals surface area contributed by atoms with Gasteiger partial charge in [0.15, 0.2) is 0 Å². The zero-order valence-corrected chi connectivity index (χ0v) is 13.4. The van der Waals surface area contributed by atoms with E-state index in [1.165, 1.54) is 20.1 Å². The molecule has 0 radical (unpaired) electrons. The number of amides is 1. The Bertz CT molecular complexity index is 479. The van der Waals surface area contributed by atoms with Gasteiger partial charge in [0.1, 0.15) is 11.4 Å². The standard InChI is InChI=1S/C12H15ClINO4/c1-12(18,6-16)5-15-11(17)7-3-8(13)9(14)4-10(7)19-2/h3-4,16,18H,5-6H2,1-2H3,(H,15,17). The van der Waals surface area contributed by atoms with Gasteiger partial charge in [0.05, 0.1) is 24.3 Å². The lowest BCUT2D eigenvalue weighted by Crippen LogP contribution is -2.43. The molecule has 7 heteroatoms. The Morgan fingerprint density at radius 1 is 1.58 bits per heavy atom. The van der Waals surface area contributed by atoms with Crippen LogP contribution in [0.1, 0.15) is 17.3 Å². The molecule has 1 atom stereocenters. The number of rotatable bonds is 5. The third kappa shape index (κ3) is 4.48. The predicted octanol–water partition coefficient (Wildman–Crippen LogP) is 1.43. The largest absolute Gasteiger partial charge is 0.496 e. The van der Waals surface area contributed by atoms with Gasteiger partial charge in [-0.15, -0.1) is 0 Å². The number of nitrogens with one attached hydrogen (secondary N) is 1. The van der Waals surface area contributed by atoms with E-state index in [0.29, 0.717) is 10.8 Å². The van der Waals surface area contributed by atoms with E-state index in [0.717, 1.165) is 3.57 Å². The van der Waals surface area contributed by atoms with Crippen LogP contribution in [0.3, 0.4) is 0 Å². The normalized spacial score (nSPS) is 13.8. The van der Waals surface area contributed by atoms with Crippen molar-refractivity contribution in [3.8, 4) is 5.75 Å². The first-order valence-corrected chi connectivity index (χ1v) is 6.91. The van der Waals surface area contributed by atoms with E-state index in [9.17, 15) is 9.90 Å². The molecule has 0 aromatic heterocycles. The minimum absolute atomic E-state index is 0.0743. The number of benzene rings is 1. The fraction of sp³-hybridized carbons (Fsp3) is 0.417. The molecule has 106 valence electrons. The fourth-order valence-corrected chi connectivity index (χ4v) is 1.90. The number of ether oxygens (including phenoxy) is 1. The Morgan fingerprint density at radius 3 is 2.74 bits per heavy atom. The summed E-state index contributed by atoms with van der Waals surface area (Å²) in [5.41, 5.74) is -1.09. The SMILES string of the molecule is COc1cc(I)c(Cl)cc1C(=O)NCC(C)(O)CO. The van der Waals surface area contributed by atoms with Crippen molar-refractivity contribution < 1.29 is 19.7 Å². The zero-order chi connectivity index (χ0) is 14.6. The molecule has 1 amide bonds. The first kappa shape index (κ1) is 16.5. The van der Waals surface area contributed by atoms with Crippen LogP contribution in [-0.2, 0) is 0 Å². The minimum Gasteiger partial charge on any atom is -0.496 e. The van der Waals surface area contributed by atoms with E-state index in [1.54, 1.807) is 6.07 Å². The lowest BCUT2D eigenvalue weighted by atomic mass is 10.1. The van der Waals surface area contributed by atoms with Crippen LogP contribution >= 0.6 is 34.2 Å². The zero-order valence-electron chi connectivity index (χ0n) is 10.5. The number of hydrogen-bond donors (Lipinski definition) is 3. The number of aliphatic hydroxyl groups is 2. The summed E-state index contributed by atoms with van der Waals surface area (Å²) in [6.07, 6.45) is 0. The molecular weight excluding hydrogens is 384 g/mol. The highest BCUT2D eigenvalue weighted by Gasteiger charge is 2.22. The van der Waals surface area contributed by atoms with Crippen molar-refractivity contribution in [3.05, 3.63) is 26.3 Å². The Morgan fingerprint density at radius 2 is 2.21 bits per heavy atom. The van der Waals surface area contributed by atoms with Crippen LogP contribution in [-0.4, -0.2) is 42.0 Å². The molecule has 0 heterocycles. The van der Waals surface area contributed by atoms with Crippen molar-refractivity contribution >= 4 is 40.1 Å². The summed E-state index contributed by atoms with van der Waals surface area (Å²) in [5, 5.41) is 21.5. The van der Waals surface area contributed by atoms with Gasteiger partial charge >= 0.3 is 0 Å². The first-order chi connectivity index (χ1) is 8.80. The molecule has 0 aliphatic carbocycles.